The largest absolute Gasteiger partial charge is 0.416 e. The molecule has 1 aliphatic rings. The zero-order chi connectivity index (χ0) is 9.35. The zero-order valence-electron chi connectivity index (χ0n) is 6.50. The average Bonchev–Trinajstić information content (AvgIpc) is 1.92. The van der Waals surface area contributed by atoms with Crippen LogP contribution in [0.25, 0.3) is 0 Å². The van der Waals surface area contributed by atoms with Crippen LogP contribution >= 0.6 is 11.6 Å². The van der Waals surface area contributed by atoms with Gasteiger partial charge in [-0.15, -0.1) is 0 Å². The minimum absolute atomic E-state index is 0.285. The maximum atomic E-state index is 12.2. The molecular formula is C8H8ClF3. The summed E-state index contributed by atoms with van der Waals surface area (Å²) >= 11 is 5.51. The Morgan fingerprint density at radius 2 is 1.92 bits per heavy atom. The molecular weight excluding hydrogens is 189 g/mol. The summed E-state index contributed by atoms with van der Waals surface area (Å²) in [6.07, 6.45) is -2.32. The van der Waals surface area contributed by atoms with Crippen LogP contribution in [0.1, 0.15) is 19.8 Å². The molecule has 0 unspecified atom stereocenters. The summed E-state index contributed by atoms with van der Waals surface area (Å²) < 4.78 is 36.6. The molecule has 0 aliphatic heterocycles. The molecule has 0 aromatic rings. The highest BCUT2D eigenvalue weighted by Gasteiger charge is 2.34. The Morgan fingerprint density at radius 3 is 2.33 bits per heavy atom. The lowest BCUT2D eigenvalue weighted by molar-refractivity contribution is -0.0893. The van der Waals surface area contributed by atoms with Crippen molar-refractivity contribution in [3.63, 3.8) is 0 Å². The maximum Gasteiger partial charge on any atom is 0.416 e. The van der Waals surface area contributed by atoms with Gasteiger partial charge in [0.2, 0.25) is 0 Å². The summed E-state index contributed by atoms with van der Waals surface area (Å²) in [6, 6.07) is 0. The van der Waals surface area contributed by atoms with E-state index in [1.54, 1.807) is 0 Å². The van der Waals surface area contributed by atoms with E-state index < -0.39 is 11.7 Å². The lowest BCUT2D eigenvalue weighted by Gasteiger charge is -2.16. The van der Waals surface area contributed by atoms with Gasteiger partial charge in [0.05, 0.1) is 5.57 Å². The molecule has 0 saturated carbocycles. The molecule has 0 aromatic carbocycles. The second kappa shape index (κ2) is 3.13. The minimum Gasteiger partial charge on any atom is -0.166 e. The fourth-order valence-electron chi connectivity index (χ4n) is 1.12. The van der Waals surface area contributed by atoms with Crippen molar-refractivity contribution >= 4 is 11.6 Å². The van der Waals surface area contributed by atoms with E-state index in [0.717, 1.165) is 6.08 Å². The molecule has 0 atom stereocenters. The summed E-state index contributed by atoms with van der Waals surface area (Å²) in [5, 5.41) is 0.285. The van der Waals surface area contributed by atoms with Gasteiger partial charge in [-0.3, -0.25) is 0 Å². The first-order valence-corrected chi connectivity index (χ1v) is 3.92. The van der Waals surface area contributed by atoms with E-state index in [4.69, 9.17) is 11.6 Å². The molecule has 0 N–H and O–H groups in total. The van der Waals surface area contributed by atoms with E-state index in [2.05, 4.69) is 0 Å². The molecule has 0 aromatic heterocycles. The summed E-state index contributed by atoms with van der Waals surface area (Å²) in [6.45, 7) is 1.49. The van der Waals surface area contributed by atoms with Crippen LogP contribution in [0.15, 0.2) is 22.3 Å². The Kier molecular flexibility index (Phi) is 2.52. The molecule has 0 bridgehead atoms. The second-order valence-electron chi connectivity index (χ2n) is 2.78. The Balaban J connectivity index is 3.02. The van der Waals surface area contributed by atoms with Gasteiger partial charge in [-0.25, -0.2) is 0 Å². The van der Waals surface area contributed by atoms with E-state index in [1.165, 1.54) is 6.92 Å². The summed E-state index contributed by atoms with van der Waals surface area (Å²) in [7, 11) is 0. The predicted octanol–water partition coefficient (Wildman–Crippen LogP) is 3.78. The average molecular weight is 197 g/mol. The summed E-state index contributed by atoms with van der Waals surface area (Å²) in [5.41, 5.74) is -0.217. The number of halogens is 4. The van der Waals surface area contributed by atoms with E-state index in [1.807, 2.05) is 0 Å². The molecule has 0 radical (unpaired) electrons. The summed E-state index contributed by atoms with van der Waals surface area (Å²) in [5.74, 6) is 0. The smallest absolute Gasteiger partial charge is 0.166 e. The molecule has 68 valence electrons. The lowest BCUT2D eigenvalue weighted by atomic mass is 9.98. The van der Waals surface area contributed by atoms with E-state index in [-0.39, 0.29) is 5.03 Å². The fraction of sp³-hybridized carbons (Fsp3) is 0.500. The zero-order valence-corrected chi connectivity index (χ0v) is 7.26. The molecule has 0 spiro atoms. The molecule has 0 heterocycles. The maximum absolute atomic E-state index is 12.2. The highest BCUT2D eigenvalue weighted by atomic mass is 35.5. The number of allylic oxidation sites excluding steroid dienone is 4. The van der Waals surface area contributed by atoms with Crippen molar-refractivity contribution in [2.75, 3.05) is 0 Å². The SMILES string of the molecule is CC1=C(C(F)(F)F)C=C(Cl)CC1. The number of rotatable bonds is 0. The number of alkyl halides is 3. The van der Waals surface area contributed by atoms with Crippen LogP contribution in [-0.2, 0) is 0 Å². The van der Waals surface area contributed by atoms with Gasteiger partial charge < -0.3 is 0 Å². The molecule has 1 aliphatic carbocycles. The van der Waals surface area contributed by atoms with Gasteiger partial charge in [0.1, 0.15) is 0 Å². The van der Waals surface area contributed by atoms with Crippen LogP contribution in [0, 0.1) is 0 Å². The first-order valence-electron chi connectivity index (χ1n) is 3.54. The lowest BCUT2D eigenvalue weighted by Crippen LogP contribution is -2.14. The van der Waals surface area contributed by atoms with Crippen LogP contribution in [0.4, 0.5) is 13.2 Å². The van der Waals surface area contributed by atoms with Gasteiger partial charge in [0, 0.05) is 5.03 Å². The van der Waals surface area contributed by atoms with Crippen LogP contribution in [0.5, 0.6) is 0 Å². The van der Waals surface area contributed by atoms with Gasteiger partial charge in [0.15, 0.2) is 0 Å². The Bertz CT molecular complexity index is 248. The first kappa shape index (κ1) is 9.65. The van der Waals surface area contributed by atoms with Crippen LogP contribution in [0.3, 0.4) is 0 Å². The predicted molar refractivity (Wildman–Crippen MR) is 41.9 cm³/mol. The number of hydrogen-bond acceptors (Lipinski definition) is 0. The van der Waals surface area contributed by atoms with Gasteiger partial charge in [-0.05, 0) is 25.8 Å². The molecule has 12 heavy (non-hydrogen) atoms. The first-order chi connectivity index (χ1) is 5.41. The van der Waals surface area contributed by atoms with Crippen molar-refractivity contribution in [2.24, 2.45) is 0 Å². The van der Waals surface area contributed by atoms with Crippen molar-refractivity contribution in [1.82, 2.24) is 0 Å². The van der Waals surface area contributed by atoms with Crippen molar-refractivity contribution < 1.29 is 13.2 Å². The Morgan fingerprint density at radius 1 is 1.33 bits per heavy atom. The van der Waals surface area contributed by atoms with Gasteiger partial charge in [0.25, 0.3) is 0 Å². The second-order valence-corrected chi connectivity index (χ2v) is 3.27. The molecule has 0 amide bonds. The van der Waals surface area contributed by atoms with Crippen molar-refractivity contribution in [3.05, 3.63) is 22.3 Å². The third kappa shape index (κ3) is 2.03. The van der Waals surface area contributed by atoms with Crippen molar-refractivity contribution in [2.45, 2.75) is 25.9 Å². The third-order valence-corrected chi connectivity index (χ3v) is 2.10. The molecule has 0 fully saturated rings. The standard InChI is InChI=1S/C8H8ClF3/c1-5-2-3-6(9)4-7(5)8(10,11)12/h4H,2-3H2,1H3. The topological polar surface area (TPSA) is 0 Å². The van der Waals surface area contributed by atoms with E-state index >= 15 is 0 Å². The third-order valence-electron chi connectivity index (χ3n) is 1.80. The normalized spacial score (nSPS) is 19.6. The molecule has 4 heteroatoms. The highest BCUT2D eigenvalue weighted by Crippen LogP contribution is 2.36. The fourth-order valence-corrected chi connectivity index (χ4v) is 1.32. The van der Waals surface area contributed by atoms with Crippen LogP contribution < -0.4 is 0 Å². The van der Waals surface area contributed by atoms with Crippen LogP contribution in [0.2, 0.25) is 0 Å². The molecule has 0 saturated heterocycles. The van der Waals surface area contributed by atoms with Gasteiger partial charge in [-0.1, -0.05) is 17.2 Å². The van der Waals surface area contributed by atoms with Crippen molar-refractivity contribution in [1.29, 1.82) is 0 Å². The number of hydrogen-bond donors (Lipinski definition) is 0. The quantitative estimate of drug-likeness (QED) is 0.553. The Hall–Kier alpha value is -0.440. The molecule has 0 nitrogen and oxygen atoms in total. The van der Waals surface area contributed by atoms with Crippen molar-refractivity contribution in [3.8, 4) is 0 Å². The van der Waals surface area contributed by atoms with Crippen LogP contribution in [-0.4, -0.2) is 6.18 Å². The van der Waals surface area contributed by atoms with Gasteiger partial charge in [-0.2, -0.15) is 13.2 Å². The highest BCUT2D eigenvalue weighted by molar-refractivity contribution is 6.29. The van der Waals surface area contributed by atoms with E-state index in [0.29, 0.717) is 18.4 Å². The molecule has 1 rings (SSSR count). The van der Waals surface area contributed by atoms with E-state index in [9.17, 15) is 13.2 Å². The van der Waals surface area contributed by atoms with Gasteiger partial charge >= 0.3 is 6.18 Å². The summed E-state index contributed by atoms with van der Waals surface area (Å²) in [4.78, 5) is 0. The minimum atomic E-state index is -4.26. The monoisotopic (exact) mass is 196 g/mol. The Labute approximate surface area is 73.7 Å².